The van der Waals surface area contributed by atoms with Crippen LogP contribution < -0.4 is 51.4 Å². The molecule has 178 valence electrons. The summed E-state index contributed by atoms with van der Waals surface area (Å²) in [6, 6.07) is 0. The summed E-state index contributed by atoms with van der Waals surface area (Å²) in [5.74, 6) is 0.674. The van der Waals surface area contributed by atoms with E-state index in [-0.39, 0.29) is 62.8 Å². The summed E-state index contributed by atoms with van der Waals surface area (Å²) in [5.41, 5.74) is -1.16. The molecular formula is C16H30KNO10S3. The van der Waals surface area contributed by atoms with E-state index in [1.807, 2.05) is 0 Å². The van der Waals surface area contributed by atoms with Crippen molar-refractivity contribution in [2.24, 2.45) is 5.16 Å². The van der Waals surface area contributed by atoms with Crippen molar-refractivity contribution in [3.05, 3.63) is 0 Å². The minimum Gasteiger partial charge on any atom is -0.714 e. The molecule has 0 aromatic heterocycles. The fraction of sp³-hybridized carbons (Fsp3) is 0.938. The maximum Gasteiger partial charge on any atom is 1.00 e. The number of rotatable bonds is 13. The Morgan fingerprint density at radius 2 is 1.68 bits per heavy atom. The van der Waals surface area contributed by atoms with Crippen molar-refractivity contribution < 1.29 is 98.0 Å². The monoisotopic (exact) mass is 531 g/mol. The normalized spacial score (nSPS) is 28.1. The Morgan fingerprint density at radius 3 is 2.23 bits per heavy atom. The van der Waals surface area contributed by atoms with Gasteiger partial charge in [0.2, 0.25) is 0 Å². The number of aliphatic hydroxyl groups is 4. The summed E-state index contributed by atoms with van der Waals surface area (Å²) >= 11 is 0.748. The van der Waals surface area contributed by atoms with Crippen LogP contribution >= 0.6 is 11.8 Å². The second kappa shape index (κ2) is 16.9. The molecule has 0 aliphatic carbocycles. The standard InChI is InChI=1S/C16H31NO10S3.K/c1-29(22)9-7-5-3-2-4-6-8-12(17-27-30(23,24)25)28-16-15(21)14(20)13(19)11(10-18)26-16;/h11,13-16,18-21H,2-10H2,1H3,(H,23,24,25);/q;+1/p-1. The molecule has 31 heavy (non-hydrogen) atoms. The summed E-state index contributed by atoms with van der Waals surface area (Å²) < 4.78 is 52.4. The van der Waals surface area contributed by atoms with Crippen LogP contribution in [0.2, 0.25) is 0 Å². The van der Waals surface area contributed by atoms with E-state index in [9.17, 15) is 37.6 Å². The zero-order chi connectivity index (χ0) is 22.7. The molecule has 0 radical (unpaired) electrons. The van der Waals surface area contributed by atoms with Gasteiger partial charge in [-0.3, -0.25) is 8.49 Å². The van der Waals surface area contributed by atoms with Gasteiger partial charge in [-0.2, -0.15) is 8.42 Å². The van der Waals surface area contributed by atoms with Gasteiger partial charge in [-0.15, -0.1) is 0 Å². The smallest absolute Gasteiger partial charge is 0.714 e. The molecule has 15 heteroatoms. The van der Waals surface area contributed by atoms with Crippen LogP contribution in [0.25, 0.3) is 0 Å². The topological polar surface area (TPSA) is 186 Å². The molecule has 1 heterocycles. The Bertz CT molecular complexity index is 664. The molecule has 1 aliphatic rings. The molecule has 1 fully saturated rings. The van der Waals surface area contributed by atoms with Crippen LogP contribution in [0.3, 0.4) is 0 Å². The quantitative estimate of drug-likeness (QED) is 0.0350. The van der Waals surface area contributed by atoms with Crippen LogP contribution in [0.1, 0.15) is 44.9 Å². The molecule has 4 N–H and O–H groups in total. The van der Waals surface area contributed by atoms with Crippen molar-refractivity contribution >= 4 is 38.0 Å². The zero-order valence-electron chi connectivity index (χ0n) is 17.7. The molecule has 0 aromatic carbocycles. The SMILES string of the molecule is CS(=O)CCCCCCCCC(=NOS(=O)(=O)[O-])SC1OC(CO)C(O)C(O)C1O.[K+]. The van der Waals surface area contributed by atoms with Gasteiger partial charge in [0.15, 0.2) is 0 Å². The molecule has 0 amide bonds. The third-order valence-corrected chi connectivity index (χ3v) is 6.70. The number of thioether (sulfide) groups is 1. The molecule has 0 saturated carbocycles. The van der Waals surface area contributed by atoms with E-state index < -0.39 is 57.7 Å². The summed E-state index contributed by atoms with van der Waals surface area (Å²) in [6.45, 7) is -0.606. The fourth-order valence-corrected chi connectivity index (χ4v) is 4.75. The van der Waals surface area contributed by atoms with Crippen molar-refractivity contribution in [2.45, 2.75) is 74.8 Å². The molecule has 0 bridgehead atoms. The molecule has 1 rings (SSSR count). The second-order valence-corrected chi connectivity index (χ2v) is 10.6. The molecule has 6 unspecified atom stereocenters. The fourth-order valence-electron chi connectivity index (χ4n) is 2.80. The van der Waals surface area contributed by atoms with Crippen molar-refractivity contribution in [2.75, 3.05) is 18.6 Å². The first-order chi connectivity index (χ1) is 14.0. The van der Waals surface area contributed by atoms with Crippen LogP contribution in [0, 0.1) is 0 Å². The first kappa shape index (κ1) is 32.3. The van der Waals surface area contributed by atoms with Crippen molar-refractivity contribution in [1.82, 2.24) is 0 Å². The van der Waals surface area contributed by atoms with Crippen LogP contribution in [-0.4, -0.2) is 91.1 Å². The number of hydrogen-bond donors (Lipinski definition) is 4. The largest absolute Gasteiger partial charge is 1.00 e. The Morgan fingerprint density at radius 1 is 1.10 bits per heavy atom. The minimum absolute atomic E-state index is 0. The van der Waals surface area contributed by atoms with Gasteiger partial charge in [0.25, 0.3) is 10.4 Å². The van der Waals surface area contributed by atoms with Crippen LogP contribution in [0.5, 0.6) is 0 Å². The molecule has 0 spiro atoms. The van der Waals surface area contributed by atoms with Crippen LogP contribution in [0.15, 0.2) is 5.16 Å². The zero-order valence-corrected chi connectivity index (χ0v) is 23.2. The number of hydrogen-bond acceptors (Lipinski definition) is 12. The van der Waals surface area contributed by atoms with E-state index in [2.05, 4.69) is 9.44 Å². The molecule has 1 aliphatic heterocycles. The summed E-state index contributed by atoms with van der Waals surface area (Å²) in [4.78, 5) is 0. The van der Waals surface area contributed by atoms with Gasteiger partial charge in [-0.1, -0.05) is 42.6 Å². The van der Waals surface area contributed by atoms with Gasteiger partial charge in [0, 0.05) is 22.8 Å². The number of nitrogens with zero attached hydrogens (tertiary/aromatic N) is 1. The molecule has 6 atom stereocenters. The number of oxime groups is 1. The summed E-state index contributed by atoms with van der Waals surface area (Å²) in [6.07, 6.45) is 1.20. The summed E-state index contributed by atoms with van der Waals surface area (Å²) in [5, 5.41) is 42.4. The average Bonchev–Trinajstić information content (AvgIpc) is 2.67. The Hall–Kier alpha value is 1.32. The molecule has 0 aromatic rings. The third-order valence-electron chi connectivity index (χ3n) is 4.40. The Balaban J connectivity index is 0.00000900. The summed E-state index contributed by atoms with van der Waals surface area (Å²) in [7, 11) is -5.86. The van der Waals surface area contributed by atoms with E-state index in [4.69, 9.17) is 4.74 Å². The molecule has 11 nitrogen and oxygen atoms in total. The van der Waals surface area contributed by atoms with Crippen molar-refractivity contribution in [1.29, 1.82) is 0 Å². The van der Waals surface area contributed by atoms with E-state index in [0.717, 1.165) is 43.9 Å². The van der Waals surface area contributed by atoms with Crippen LogP contribution in [0.4, 0.5) is 0 Å². The van der Waals surface area contributed by atoms with Gasteiger partial charge in [0.05, 0.1) is 6.61 Å². The molecular weight excluding hydrogens is 501 g/mol. The predicted molar refractivity (Wildman–Crippen MR) is 111 cm³/mol. The van der Waals surface area contributed by atoms with E-state index >= 15 is 0 Å². The predicted octanol–water partition coefficient (Wildman–Crippen LogP) is -3.58. The van der Waals surface area contributed by atoms with Gasteiger partial charge >= 0.3 is 51.4 Å². The van der Waals surface area contributed by atoms with E-state index in [0.29, 0.717) is 12.2 Å². The van der Waals surface area contributed by atoms with Crippen molar-refractivity contribution in [3.63, 3.8) is 0 Å². The van der Waals surface area contributed by atoms with Gasteiger partial charge in [-0.05, 0) is 19.3 Å². The first-order valence-corrected chi connectivity index (χ1v) is 13.5. The van der Waals surface area contributed by atoms with Gasteiger partial charge in [0.1, 0.15) is 34.9 Å². The van der Waals surface area contributed by atoms with Gasteiger partial charge in [-0.25, -0.2) is 0 Å². The Kier molecular flexibility index (Phi) is 17.6. The van der Waals surface area contributed by atoms with Crippen LogP contribution in [-0.2, 0) is 30.2 Å². The molecule has 1 saturated heterocycles. The number of unbranched alkanes of at least 4 members (excludes halogenated alkanes) is 5. The minimum atomic E-state index is -5.07. The van der Waals surface area contributed by atoms with Crippen molar-refractivity contribution in [3.8, 4) is 0 Å². The second-order valence-electron chi connectivity index (χ2n) is 6.93. The maximum atomic E-state index is 11.0. The van der Waals surface area contributed by atoms with Gasteiger partial charge < -0.3 is 29.7 Å². The number of aliphatic hydroxyl groups excluding tert-OH is 4. The average molecular weight is 532 g/mol. The van der Waals surface area contributed by atoms with E-state index in [1.54, 1.807) is 6.26 Å². The number of ether oxygens (including phenoxy) is 1. The first-order valence-electron chi connectivity index (χ1n) is 9.53. The third kappa shape index (κ3) is 13.7. The Labute approximate surface area is 232 Å². The maximum absolute atomic E-state index is 11.0. The van der Waals surface area contributed by atoms with E-state index in [1.165, 1.54) is 0 Å².